The van der Waals surface area contributed by atoms with Crippen molar-refractivity contribution in [1.29, 1.82) is 0 Å². The van der Waals surface area contributed by atoms with Crippen LogP contribution in [0.5, 0.6) is 0 Å². The van der Waals surface area contributed by atoms with Crippen LogP contribution in [-0.4, -0.2) is 44.7 Å². The molecule has 0 amide bonds. The van der Waals surface area contributed by atoms with Gasteiger partial charge in [-0.3, -0.25) is 9.59 Å². The summed E-state index contributed by atoms with van der Waals surface area (Å²) in [7, 11) is 0. The Morgan fingerprint density at radius 1 is 1.24 bits per heavy atom. The number of aliphatic carboxylic acids is 2. The van der Waals surface area contributed by atoms with Crippen LogP contribution in [0.4, 0.5) is 0 Å². The molecule has 2 aliphatic rings. The van der Waals surface area contributed by atoms with Crippen molar-refractivity contribution in [2.45, 2.75) is 30.4 Å². The van der Waals surface area contributed by atoms with E-state index < -0.39 is 47.3 Å². The highest BCUT2D eigenvalue weighted by Crippen LogP contribution is 2.64. The summed E-state index contributed by atoms with van der Waals surface area (Å²) in [4.78, 5) is 24.0. The number of thioether (sulfide) groups is 1. The van der Waals surface area contributed by atoms with Crippen LogP contribution in [-0.2, 0) is 9.59 Å². The second kappa shape index (κ2) is 6.79. The summed E-state index contributed by atoms with van der Waals surface area (Å²) in [6.45, 7) is 4.01. The molecule has 0 saturated heterocycles. The van der Waals surface area contributed by atoms with Gasteiger partial charge in [-0.2, -0.15) is 0 Å². The third-order valence-electron chi connectivity index (χ3n) is 5.61. The van der Waals surface area contributed by atoms with Gasteiger partial charge in [-0.05, 0) is 37.1 Å². The summed E-state index contributed by atoms with van der Waals surface area (Å²) in [5.74, 6) is -4.77. The fourth-order valence-corrected chi connectivity index (χ4v) is 5.29. The van der Waals surface area contributed by atoms with Crippen LogP contribution in [0.3, 0.4) is 0 Å². The van der Waals surface area contributed by atoms with Crippen LogP contribution >= 0.6 is 24.2 Å². The lowest BCUT2D eigenvalue weighted by Crippen LogP contribution is -2.58. The predicted octanol–water partition coefficient (Wildman–Crippen LogP) is 1.54. The third-order valence-corrected chi connectivity index (χ3v) is 6.72. The molecular weight excluding hydrogens is 366 g/mol. The minimum atomic E-state index is -1.69. The zero-order chi connectivity index (χ0) is 17.8. The molecule has 0 heterocycles. The maximum absolute atomic E-state index is 11.8. The van der Waals surface area contributed by atoms with E-state index >= 15 is 0 Å². The quantitative estimate of drug-likeness (QED) is 0.565. The Morgan fingerprint density at radius 2 is 1.88 bits per heavy atom. The second-order valence-corrected chi connectivity index (χ2v) is 7.95. The predicted molar refractivity (Wildman–Crippen MR) is 96.0 cm³/mol. The largest absolute Gasteiger partial charge is 0.481 e. The van der Waals surface area contributed by atoms with Crippen LogP contribution in [0.1, 0.15) is 11.1 Å². The normalized spacial score (nSPS) is 35.6. The van der Waals surface area contributed by atoms with Crippen LogP contribution in [0.2, 0.25) is 0 Å². The summed E-state index contributed by atoms with van der Waals surface area (Å²) < 4.78 is 0. The highest BCUT2D eigenvalue weighted by Gasteiger charge is 2.77. The van der Waals surface area contributed by atoms with Gasteiger partial charge in [0.25, 0.3) is 0 Å². The molecule has 25 heavy (non-hydrogen) atoms. The Balaban J connectivity index is 0.00000225. The maximum atomic E-state index is 11.8. The lowest BCUT2D eigenvalue weighted by Gasteiger charge is -2.32. The van der Waals surface area contributed by atoms with E-state index in [9.17, 15) is 24.9 Å². The van der Waals surface area contributed by atoms with Crippen molar-refractivity contribution in [1.82, 2.24) is 0 Å². The molecule has 2 fully saturated rings. The minimum absolute atomic E-state index is 0. The average Bonchev–Trinajstić information content (AvgIpc) is 3.21. The fraction of sp³-hybridized carbons (Fsp3) is 0.529. The van der Waals surface area contributed by atoms with Crippen molar-refractivity contribution in [3.05, 3.63) is 29.3 Å². The van der Waals surface area contributed by atoms with Gasteiger partial charge in [0.05, 0.1) is 12.0 Å². The Hall–Kier alpha value is -1.28. The van der Waals surface area contributed by atoms with E-state index in [0.29, 0.717) is 5.75 Å². The molecule has 0 aromatic heterocycles. The SMILES string of the molecule is Cc1ccc(SC[C@@H]2[C@@H](O)[C@H]3[C@H](C(=O)O)[C@H]3[C@]2(N)C(=O)O)cc1C.Cl. The number of aliphatic hydroxyl groups excluding tert-OH is 1. The molecule has 0 spiro atoms. The van der Waals surface area contributed by atoms with Crippen LogP contribution < -0.4 is 5.73 Å². The zero-order valence-electron chi connectivity index (χ0n) is 13.9. The first-order chi connectivity index (χ1) is 11.2. The van der Waals surface area contributed by atoms with E-state index in [1.165, 1.54) is 17.3 Å². The van der Waals surface area contributed by atoms with Crippen molar-refractivity contribution in [3.63, 3.8) is 0 Å². The molecule has 1 aromatic carbocycles. The molecule has 2 saturated carbocycles. The number of carbonyl (C=O) groups is 2. The fourth-order valence-electron chi connectivity index (χ4n) is 4.02. The molecule has 0 unspecified atom stereocenters. The molecule has 5 N–H and O–H groups in total. The number of carboxylic acids is 2. The Labute approximate surface area is 156 Å². The van der Waals surface area contributed by atoms with Gasteiger partial charge in [-0.25, -0.2) is 0 Å². The van der Waals surface area contributed by atoms with Gasteiger partial charge >= 0.3 is 11.9 Å². The number of benzene rings is 1. The van der Waals surface area contributed by atoms with Gasteiger partial charge < -0.3 is 21.1 Å². The number of rotatable bonds is 5. The average molecular weight is 388 g/mol. The molecule has 6 nitrogen and oxygen atoms in total. The smallest absolute Gasteiger partial charge is 0.324 e. The van der Waals surface area contributed by atoms with E-state index in [-0.39, 0.29) is 12.4 Å². The molecule has 0 radical (unpaired) electrons. The van der Waals surface area contributed by atoms with E-state index in [2.05, 4.69) is 0 Å². The van der Waals surface area contributed by atoms with Gasteiger partial charge in [0.2, 0.25) is 0 Å². The van der Waals surface area contributed by atoms with Crippen LogP contribution in [0.25, 0.3) is 0 Å². The van der Waals surface area contributed by atoms with Crippen LogP contribution in [0, 0.1) is 37.5 Å². The summed E-state index contributed by atoms with van der Waals surface area (Å²) in [5.41, 5.74) is 6.75. The monoisotopic (exact) mass is 387 g/mol. The van der Waals surface area contributed by atoms with Crippen molar-refractivity contribution < 1.29 is 24.9 Å². The lowest BCUT2D eigenvalue weighted by atomic mass is 9.81. The lowest BCUT2D eigenvalue weighted by molar-refractivity contribution is -0.148. The van der Waals surface area contributed by atoms with Crippen molar-refractivity contribution >= 4 is 36.1 Å². The van der Waals surface area contributed by atoms with Gasteiger partial charge in [0.15, 0.2) is 0 Å². The van der Waals surface area contributed by atoms with Gasteiger partial charge in [-0.1, -0.05) is 6.07 Å². The number of nitrogens with two attached hydrogens (primary N) is 1. The molecule has 2 aliphatic carbocycles. The van der Waals surface area contributed by atoms with Crippen molar-refractivity contribution in [2.24, 2.45) is 29.4 Å². The molecular formula is C17H22ClNO5S. The number of hydrogen-bond donors (Lipinski definition) is 4. The van der Waals surface area contributed by atoms with E-state index in [0.717, 1.165) is 10.5 Å². The highest BCUT2D eigenvalue weighted by atomic mass is 35.5. The Bertz CT molecular complexity index is 714. The topological polar surface area (TPSA) is 121 Å². The first-order valence-corrected chi connectivity index (χ1v) is 8.81. The maximum Gasteiger partial charge on any atom is 0.324 e. The highest BCUT2D eigenvalue weighted by molar-refractivity contribution is 7.99. The van der Waals surface area contributed by atoms with Gasteiger partial charge in [0.1, 0.15) is 5.54 Å². The summed E-state index contributed by atoms with van der Waals surface area (Å²) in [6.07, 6.45) is -1.00. The molecule has 0 aliphatic heterocycles. The van der Waals surface area contributed by atoms with E-state index in [4.69, 9.17) is 5.73 Å². The first kappa shape index (κ1) is 20.0. The summed E-state index contributed by atoms with van der Waals surface area (Å²) in [6, 6.07) is 5.96. The second-order valence-electron chi connectivity index (χ2n) is 6.86. The number of fused-ring (bicyclic) bond motifs is 1. The molecule has 138 valence electrons. The molecule has 0 bridgehead atoms. The molecule has 6 atom stereocenters. The van der Waals surface area contributed by atoms with E-state index in [1.807, 2.05) is 32.0 Å². The number of hydrogen-bond acceptors (Lipinski definition) is 5. The molecule has 8 heteroatoms. The summed E-state index contributed by atoms with van der Waals surface area (Å²) in [5, 5.41) is 29.2. The van der Waals surface area contributed by atoms with Gasteiger partial charge in [-0.15, -0.1) is 24.2 Å². The molecule has 3 rings (SSSR count). The Kier molecular flexibility index (Phi) is 5.45. The van der Waals surface area contributed by atoms with E-state index in [1.54, 1.807) is 0 Å². The number of halogens is 1. The molecule has 1 aromatic rings. The standard InChI is InChI=1S/C17H21NO5S.ClH/c1-7-3-4-9(5-8(7)2)24-6-10-14(19)11-12(15(20)21)13(11)17(10,18)16(22)23;/h3-5,10-14,19H,6,18H2,1-2H3,(H,20,21)(H,22,23);1H/t10-,11+,12+,13+,14-,17+;/m1./s1. The Morgan fingerprint density at radius 3 is 2.40 bits per heavy atom. The summed E-state index contributed by atoms with van der Waals surface area (Å²) >= 11 is 1.45. The number of carboxylic acid groups (broad SMARTS) is 2. The third kappa shape index (κ3) is 3.03. The van der Waals surface area contributed by atoms with Crippen LogP contribution in [0.15, 0.2) is 23.1 Å². The van der Waals surface area contributed by atoms with Crippen molar-refractivity contribution in [2.75, 3.05) is 5.75 Å². The zero-order valence-corrected chi connectivity index (χ0v) is 15.5. The number of aryl methyl sites for hydroxylation is 2. The van der Waals surface area contributed by atoms with Gasteiger partial charge in [0, 0.05) is 28.4 Å². The first-order valence-electron chi connectivity index (χ1n) is 7.82. The minimum Gasteiger partial charge on any atom is -0.481 e. The van der Waals surface area contributed by atoms with Crippen molar-refractivity contribution in [3.8, 4) is 0 Å². The number of aliphatic hydroxyl groups is 1.